The van der Waals surface area contributed by atoms with E-state index in [4.69, 9.17) is 5.11 Å². The van der Waals surface area contributed by atoms with Crippen LogP contribution < -0.4 is 0 Å². The maximum Gasteiger partial charge on any atom is 0.320 e. The van der Waals surface area contributed by atoms with E-state index in [1.165, 1.54) is 4.31 Å². The van der Waals surface area contributed by atoms with Gasteiger partial charge in [0.1, 0.15) is 0 Å². The minimum atomic E-state index is -3.57. The molecule has 1 saturated heterocycles. The molecule has 0 saturated carbocycles. The van der Waals surface area contributed by atoms with E-state index in [0.717, 1.165) is 12.8 Å². The van der Waals surface area contributed by atoms with E-state index in [1.54, 1.807) is 0 Å². The van der Waals surface area contributed by atoms with Crippen molar-refractivity contribution < 1.29 is 18.3 Å². The second-order valence-corrected chi connectivity index (χ2v) is 5.54. The second-order valence-electron chi connectivity index (χ2n) is 3.57. The highest BCUT2D eigenvalue weighted by atomic mass is 32.2. The van der Waals surface area contributed by atoms with Crippen molar-refractivity contribution in [2.45, 2.75) is 19.8 Å². The van der Waals surface area contributed by atoms with Gasteiger partial charge < -0.3 is 5.11 Å². The van der Waals surface area contributed by atoms with Gasteiger partial charge in [0.05, 0.1) is 0 Å². The van der Waals surface area contributed by atoms with Crippen LogP contribution >= 0.6 is 0 Å². The number of carbonyl (C=O) groups is 1. The SMILES string of the molecule is CCC1CCN(S(=O)(=O)CC(=O)O)C1. The van der Waals surface area contributed by atoms with Crippen LogP contribution in [0.1, 0.15) is 19.8 Å². The van der Waals surface area contributed by atoms with Crippen LogP contribution in [0, 0.1) is 5.92 Å². The number of aliphatic carboxylic acids is 1. The van der Waals surface area contributed by atoms with Gasteiger partial charge in [-0.15, -0.1) is 0 Å². The van der Waals surface area contributed by atoms with Gasteiger partial charge >= 0.3 is 5.97 Å². The van der Waals surface area contributed by atoms with Gasteiger partial charge in [0.25, 0.3) is 0 Å². The normalized spacial score (nSPS) is 23.9. The quantitative estimate of drug-likeness (QED) is 0.732. The monoisotopic (exact) mass is 221 g/mol. The highest BCUT2D eigenvalue weighted by molar-refractivity contribution is 7.89. The van der Waals surface area contributed by atoms with Crippen LogP contribution in [-0.4, -0.2) is 42.6 Å². The van der Waals surface area contributed by atoms with Gasteiger partial charge in [0.2, 0.25) is 10.0 Å². The Morgan fingerprint density at radius 2 is 2.21 bits per heavy atom. The van der Waals surface area contributed by atoms with E-state index in [2.05, 4.69) is 0 Å². The molecule has 6 heteroatoms. The van der Waals surface area contributed by atoms with Gasteiger partial charge in [0.15, 0.2) is 5.75 Å². The van der Waals surface area contributed by atoms with Crippen molar-refractivity contribution >= 4 is 16.0 Å². The molecule has 0 aromatic rings. The molecule has 1 N–H and O–H groups in total. The van der Waals surface area contributed by atoms with Crippen molar-refractivity contribution in [3.63, 3.8) is 0 Å². The number of hydrogen-bond donors (Lipinski definition) is 1. The number of carboxylic acids is 1. The molecule has 5 nitrogen and oxygen atoms in total. The predicted molar refractivity (Wildman–Crippen MR) is 51.4 cm³/mol. The first-order chi connectivity index (χ1) is 6.45. The van der Waals surface area contributed by atoms with Crippen molar-refractivity contribution in [3.05, 3.63) is 0 Å². The lowest BCUT2D eigenvalue weighted by Gasteiger charge is -2.14. The lowest BCUT2D eigenvalue weighted by atomic mass is 10.1. The number of nitrogens with zero attached hydrogens (tertiary/aromatic N) is 1. The van der Waals surface area contributed by atoms with E-state index in [-0.39, 0.29) is 0 Å². The zero-order chi connectivity index (χ0) is 10.8. The summed E-state index contributed by atoms with van der Waals surface area (Å²) in [4.78, 5) is 10.3. The van der Waals surface area contributed by atoms with Gasteiger partial charge in [-0.2, -0.15) is 0 Å². The van der Waals surface area contributed by atoms with Crippen molar-refractivity contribution in [1.29, 1.82) is 0 Å². The summed E-state index contributed by atoms with van der Waals surface area (Å²) in [7, 11) is -3.57. The molecule has 1 aliphatic heterocycles. The van der Waals surface area contributed by atoms with Crippen LogP contribution in [0.15, 0.2) is 0 Å². The Bertz CT molecular complexity index is 311. The first-order valence-electron chi connectivity index (χ1n) is 4.65. The van der Waals surface area contributed by atoms with Gasteiger partial charge in [-0.3, -0.25) is 4.79 Å². The zero-order valence-electron chi connectivity index (χ0n) is 8.14. The van der Waals surface area contributed by atoms with Crippen molar-refractivity contribution in [1.82, 2.24) is 4.31 Å². The van der Waals surface area contributed by atoms with Crippen LogP contribution in [0.2, 0.25) is 0 Å². The number of carboxylic acid groups (broad SMARTS) is 1. The summed E-state index contributed by atoms with van der Waals surface area (Å²) >= 11 is 0. The van der Waals surface area contributed by atoms with Crippen molar-refractivity contribution in [3.8, 4) is 0 Å². The summed E-state index contributed by atoms with van der Waals surface area (Å²) in [5.41, 5.74) is 0. The Hall–Kier alpha value is -0.620. The summed E-state index contributed by atoms with van der Waals surface area (Å²) in [6.45, 7) is 2.96. The minimum absolute atomic E-state index is 0.388. The Kier molecular flexibility index (Phi) is 3.49. The lowest BCUT2D eigenvalue weighted by Crippen LogP contribution is -2.33. The Morgan fingerprint density at radius 1 is 1.57 bits per heavy atom. The third-order valence-electron chi connectivity index (χ3n) is 2.53. The van der Waals surface area contributed by atoms with Crippen LogP contribution in [0.3, 0.4) is 0 Å². The van der Waals surface area contributed by atoms with E-state index in [0.29, 0.717) is 19.0 Å². The van der Waals surface area contributed by atoms with Crippen LogP contribution in [0.4, 0.5) is 0 Å². The Labute approximate surface area is 83.8 Å². The van der Waals surface area contributed by atoms with E-state index >= 15 is 0 Å². The third-order valence-corrected chi connectivity index (χ3v) is 4.26. The number of rotatable bonds is 4. The maximum absolute atomic E-state index is 11.4. The molecule has 1 rings (SSSR count). The molecular formula is C8H15NO4S. The molecule has 0 spiro atoms. The third kappa shape index (κ3) is 2.68. The molecule has 0 aliphatic carbocycles. The van der Waals surface area contributed by atoms with Crippen LogP contribution in [0.5, 0.6) is 0 Å². The maximum atomic E-state index is 11.4. The van der Waals surface area contributed by atoms with Crippen molar-refractivity contribution in [2.24, 2.45) is 5.92 Å². The van der Waals surface area contributed by atoms with Crippen LogP contribution in [-0.2, 0) is 14.8 Å². The molecule has 0 bridgehead atoms. The number of hydrogen-bond acceptors (Lipinski definition) is 3. The highest BCUT2D eigenvalue weighted by Crippen LogP contribution is 2.21. The zero-order valence-corrected chi connectivity index (χ0v) is 8.96. The summed E-state index contributed by atoms with van der Waals surface area (Å²) in [5.74, 6) is -1.69. The molecule has 1 aliphatic rings. The van der Waals surface area contributed by atoms with Gasteiger partial charge in [-0.1, -0.05) is 13.3 Å². The summed E-state index contributed by atoms with van der Waals surface area (Å²) < 4.78 is 24.2. The van der Waals surface area contributed by atoms with Gasteiger partial charge in [-0.05, 0) is 12.3 Å². The summed E-state index contributed by atoms with van der Waals surface area (Å²) in [6.07, 6.45) is 1.79. The molecule has 0 aromatic carbocycles. The molecule has 1 heterocycles. The molecule has 0 amide bonds. The molecule has 1 atom stereocenters. The second kappa shape index (κ2) is 4.27. The van der Waals surface area contributed by atoms with E-state index in [1.807, 2.05) is 6.92 Å². The first-order valence-corrected chi connectivity index (χ1v) is 6.26. The molecule has 1 unspecified atom stereocenters. The molecule has 82 valence electrons. The molecule has 0 radical (unpaired) electrons. The standard InChI is InChI=1S/C8H15NO4S/c1-2-7-3-4-9(5-7)14(12,13)6-8(10)11/h7H,2-6H2,1H3,(H,10,11). The minimum Gasteiger partial charge on any atom is -0.480 e. The fourth-order valence-electron chi connectivity index (χ4n) is 1.63. The summed E-state index contributed by atoms with van der Waals surface area (Å²) in [5, 5.41) is 8.43. The van der Waals surface area contributed by atoms with E-state index < -0.39 is 21.7 Å². The van der Waals surface area contributed by atoms with Gasteiger partial charge in [-0.25, -0.2) is 12.7 Å². The Morgan fingerprint density at radius 3 is 2.64 bits per heavy atom. The molecular weight excluding hydrogens is 206 g/mol. The smallest absolute Gasteiger partial charge is 0.320 e. The molecule has 0 aromatic heterocycles. The van der Waals surface area contributed by atoms with Crippen LogP contribution in [0.25, 0.3) is 0 Å². The first kappa shape index (κ1) is 11.5. The molecule has 14 heavy (non-hydrogen) atoms. The number of sulfonamides is 1. The predicted octanol–water partition coefficient (Wildman–Crippen LogP) is 0.133. The fraction of sp³-hybridized carbons (Fsp3) is 0.875. The average Bonchev–Trinajstić information content (AvgIpc) is 2.49. The van der Waals surface area contributed by atoms with Gasteiger partial charge in [0, 0.05) is 13.1 Å². The lowest BCUT2D eigenvalue weighted by molar-refractivity contribution is -0.134. The Balaban J connectivity index is 2.62. The average molecular weight is 221 g/mol. The van der Waals surface area contributed by atoms with Crippen molar-refractivity contribution in [2.75, 3.05) is 18.8 Å². The summed E-state index contributed by atoms with van der Waals surface area (Å²) in [6, 6.07) is 0. The van der Waals surface area contributed by atoms with E-state index in [9.17, 15) is 13.2 Å². The topological polar surface area (TPSA) is 74.7 Å². The highest BCUT2D eigenvalue weighted by Gasteiger charge is 2.31. The fourth-order valence-corrected chi connectivity index (χ4v) is 2.95. The largest absolute Gasteiger partial charge is 0.480 e. The molecule has 1 fully saturated rings.